The summed E-state index contributed by atoms with van der Waals surface area (Å²) in [6.45, 7) is 2.72. The molecule has 0 spiro atoms. The van der Waals surface area contributed by atoms with Crippen LogP contribution in [0.3, 0.4) is 0 Å². The molecular formula is C10H12N4. The molecule has 0 unspecified atom stereocenters. The first-order chi connectivity index (χ1) is 6.86. The van der Waals surface area contributed by atoms with Gasteiger partial charge in [-0.25, -0.2) is 9.97 Å². The summed E-state index contributed by atoms with van der Waals surface area (Å²) < 4.78 is 0. The topological polar surface area (TPSA) is 53.6 Å². The van der Waals surface area contributed by atoms with Crippen molar-refractivity contribution in [3.05, 3.63) is 42.2 Å². The number of hydrogen-bond acceptors (Lipinski definition) is 3. The van der Waals surface area contributed by atoms with Crippen LogP contribution in [0.25, 0.3) is 0 Å². The van der Waals surface area contributed by atoms with E-state index >= 15 is 0 Å². The maximum absolute atomic E-state index is 4.10. The number of aromatic amines is 1. The van der Waals surface area contributed by atoms with Crippen LogP contribution in [0.1, 0.15) is 11.4 Å². The maximum atomic E-state index is 4.10. The summed E-state index contributed by atoms with van der Waals surface area (Å²) in [7, 11) is 0. The van der Waals surface area contributed by atoms with E-state index in [1.807, 2.05) is 25.3 Å². The summed E-state index contributed by atoms with van der Waals surface area (Å²) in [6, 6.07) is 4.01. The van der Waals surface area contributed by atoms with Crippen LogP contribution in [-0.4, -0.2) is 15.0 Å². The van der Waals surface area contributed by atoms with Crippen LogP contribution in [-0.2, 0) is 6.54 Å². The first-order valence-corrected chi connectivity index (χ1v) is 4.49. The van der Waals surface area contributed by atoms with Gasteiger partial charge in [-0.2, -0.15) is 0 Å². The van der Waals surface area contributed by atoms with Crippen molar-refractivity contribution in [3.63, 3.8) is 0 Å². The molecule has 0 atom stereocenters. The molecule has 0 aliphatic heterocycles. The van der Waals surface area contributed by atoms with Crippen molar-refractivity contribution in [2.75, 3.05) is 5.32 Å². The molecule has 0 fully saturated rings. The van der Waals surface area contributed by atoms with Gasteiger partial charge in [0.05, 0.1) is 24.1 Å². The van der Waals surface area contributed by atoms with Crippen LogP contribution >= 0.6 is 0 Å². The van der Waals surface area contributed by atoms with E-state index in [-0.39, 0.29) is 0 Å². The molecule has 2 heterocycles. The van der Waals surface area contributed by atoms with Crippen molar-refractivity contribution in [1.29, 1.82) is 0 Å². The van der Waals surface area contributed by atoms with E-state index in [0.717, 1.165) is 23.6 Å². The Morgan fingerprint density at radius 2 is 2.43 bits per heavy atom. The summed E-state index contributed by atoms with van der Waals surface area (Å²) in [5.41, 5.74) is 3.09. The van der Waals surface area contributed by atoms with Crippen LogP contribution in [0.15, 0.2) is 30.9 Å². The average Bonchev–Trinajstić information content (AvgIpc) is 2.69. The third-order valence-corrected chi connectivity index (χ3v) is 2.04. The molecule has 0 saturated heterocycles. The van der Waals surface area contributed by atoms with E-state index in [2.05, 4.69) is 20.3 Å². The highest BCUT2D eigenvalue weighted by Gasteiger charge is 1.98. The lowest BCUT2D eigenvalue weighted by Gasteiger charge is -2.06. The summed E-state index contributed by atoms with van der Waals surface area (Å²) in [5.74, 6) is 0. The highest BCUT2D eigenvalue weighted by molar-refractivity contribution is 5.44. The number of H-pyrrole nitrogens is 1. The molecule has 0 amide bonds. The Hall–Kier alpha value is -1.84. The molecule has 14 heavy (non-hydrogen) atoms. The quantitative estimate of drug-likeness (QED) is 0.771. The molecule has 0 aliphatic rings. The van der Waals surface area contributed by atoms with Gasteiger partial charge in [0.1, 0.15) is 6.33 Å². The second kappa shape index (κ2) is 3.91. The first kappa shape index (κ1) is 8.74. The highest BCUT2D eigenvalue weighted by atomic mass is 15.0. The van der Waals surface area contributed by atoms with Crippen LogP contribution in [0, 0.1) is 6.92 Å². The van der Waals surface area contributed by atoms with Crippen molar-refractivity contribution < 1.29 is 0 Å². The van der Waals surface area contributed by atoms with Gasteiger partial charge in [0, 0.05) is 11.9 Å². The van der Waals surface area contributed by atoms with Crippen molar-refractivity contribution in [2.24, 2.45) is 0 Å². The Labute approximate surface area is 82.4 Å². The summed E-state index contributed by atoms with van der Waals surface area (Å²) in [4.78, 5) is 11.2. The van der Waals surface area contributed by atoms with Crippen LogP contribution < -0.4 is 5.32 Å². The Balaban J connectivity index is 2.02. The third-order valence-electron chi connectivity index (χ3n) is 2.04. The first-order valence-electron chi connectivity index (χ1n) is 4.49. The number of rotatable bonds is 3. The number of anilines is 1. The lowest BCUT2D eigenvalue weighted by atomic mass is 10.3. The zero-order chi connectivity index (χ0) is 9.80. The van der Waals surface area contributed by atoms with E-state index in [4.69, 9.17) is 0 Å². The SMILES string of the molecule is Cc1ncncc1NCc1ccc[nH]1. The smallest absolute Gasteiger partial charge is 0.115 e. The standard InChI is InChI=1S/C10H12N4/c1-8-10(6-11-7-14-8)13-5-9-3-2-4-12-9/h2-4,6-7,12-13H,5H2,1H3. The van der Waals surface area contributed by atoms with Gasteiger partial charge in [0.15, 0.2) is 0 Å². The lowest BCUT2D eigenvalue weighted by molar-refractivity contribution is 1.03. The summed E-state index contributed by atoms with van der Waals surface area (Å²) >= 11 is 0. The molecule has 4 heteroatoms. The molecule has 0 aliphatic carbocycles. The lowest BCUT2D eigenvalue weighted by Crippen LogP contribution is -2.02. The van der Waals surface area contributed by atoms with E-state index in [0.29, 0.717) is 0 Å². The van der Waals surface area contributed by atoms with Crippen molar-refractivity contribution in [2.45, 2.75) is 13.5 Å². The van der Waals surface area contributed by atoms with Crippen LogP contribution in [0.5, 0.6) is 0 Å². The summed E-state index contributed by atoms with van der Waals surface area (Å²) in [5, 5.41) is 3.26. The fourth-order valence-corrected chi connectivity index (χ4v) is 1.23. The zero-order valence-electron chi connectivity index (χ0n) is 7.99. The second-order valence-corrected chi connectivity index (χ2v) is 3.07. The second-order valence-electron chi connectivity index (χ2n) is 3.07. The highest BCUT2D eigenvalue weighted by Crippen LogP contribution is 2.09. The molecule has 72 valence electrons. The Bertz CT molecular complexity index is 394. The van der Waals surface area contributed by atoms with E-state index in [1.54, 1.807) is 12.5 Å². The summed E-state index contributed by atoms with van der Waals surface area (Å²) in [6.07, 6.45) is 5.24. The molecule has 2 rings (SSSR count). The molecule has 2 aromatic heterocycles. The van der Waals surface area contributed by atoms with Gasteiger partial charge >= 0.3 is 0 Å². The molecule has 0 aromatic carbocycles. The van der Waals surface area contributed by atoms with Gasteiger partial charge in [-0.1, -0.05) is 0 Å². The number of aromatic nitrogens is 3. The Kier molecular flexibility index (Phi) is 2.44. The van der Waals surface area contributed by atoms with Crippen LogP contribution in [0.2, 0.25) is 0 Å². The van der Waals surface area contributed by atoms with Crippen molar-refractivity contribution in [1.82, 2.24) is 15.0 Å². The molecule has 0 radical (unpaired) electrons. The predicted molar refractivity (Wildman–Crippen MR) is 54.9 cm³/mol. The fourth-order valence-electron chi connectivity index (χ4n) is 1.23. The Morgan fingerprint density at radius 1 is 1.50 bits per heavy atom. The monoisotopic (exact) mass is 188 g/mol. The van der Waals surface area contributed by atoms with Gasteiger partial charge in [-0.15, -0.1) is 0 Å². The minimum atomic E-state index is 0.765. The number of aryl methyl sites for hydroxylation is 1. The predicted octanol–water partition coefficient (Wildman–Crippen LogP) is 1.73. The Morgan fingerprint density at radius 3 is 3.14 bits per heavy atom. The van der Waals surface area contributed by atoms with Gasteiger partial charge < -0.3 is 10.3 Å². The van der Waals surface area contributed by atoms with E-state index in [1.165, 1.54) is 0 Å². The molecular weight excluding hydrogens is 176 g/mol. The fraction of sp³-hybridized carbons (Fsp3) is 0.200. The molecule has 0 bridgehead atoms. The van der Waals surface area contributed by atoms with Crippen molar-refractivity contribution in [3.8, 4) is 0 Å². The largest absolute Gasteiger partial charge is 0.377 e. The van der Waals surface area contributed by atoms with Crippen molar-refractivity contribution >= 4 is 5.69 Å². The number of nitrogens with zero attached hydrogens (tertiary/aromatic N) is 2. The number of nitrogens with one attached hydrogen (secondary N) is 2. The van der Waals surface area contributed by atoms with E-state index in [9.17, 15) is 0 Å². The molecule has 4 nitrogen and oxygen atoms in total. The van der Waals surface area contributed by atoms with Gasteiger partial charge in [-0.3, -0.25) is 0 Å². The minimum absolute atomic E-state index is 0.765. The molecule has 2 aromatic rings. The molecule has 2 N–H and O–H groups in total. The average molecular weight is 188 g/mol. The molecule has 0 saturated carbocycles. The number of hydrogen-bond donors (Lipinski definition) is 2. The van der Waals surface area contributed by atoms with E-state index < -0.39 is 0 Å². The van der Waals surface area contributed by atoms with Gasteiger partial charge in [0.2, 0.25) is 0 Å². The maximum Gasteiger partial charge on any atom is 0.115 e. The van der Waals surface area contributed by atoms with Gasteiger partial charge in [0.25, 0.3) is 0 Å². The minimum Gasteiger partial charge on any atom is -0.377 e. The van der Waals surface area contributed by atoms with Crippen LogP contribution in [0.4, 0.5) is 5.69 Å². The van der Waals surface area contributed by atoms with Gasteiger partial charge in [-0.05, 0) is 19.1 Å². The zero-order valence-corrected chi connectivity index (χ0v) is 7.99. The normalized spacial score (nSPS) is 10.1. The third kappa shape index (κ3) is 1.90.